The molecule has 0 saturated heterocycles. The van der Waals surface area contributed by atoms with E-state index >= 15 is 0 Å². The van der Waals surface area contributed by atoms with Crippen molar-refractivity contribution in [2.75, 3.05) is 14.2 Å². The summed E-state index contributed by atoms with van der Waals surface area (Å²) < 4.78 is 9.99. The summed E-state index contributed by atoms with van der Waals surface area (Å²) in [6.07, 6.45) is 1.09. The number of carbonyl (C=O) groups is 3. The highest BCUT2D eigenvalue weighted by Gasteiger charge is 2.02. The summed E-state index contributed by atoms with van der Waals surface area (Å²) in [5.41, 5.74) is 0.577. The van der Waals surface area contributed by atoms with Crippen molar-refractivity contribution in [3.8, 4) is 11.5 Å². The summed E-state index contributed by atoms with van der Waals surface area (Å²) in [4.78, 5) is 30.6. The van der Waals surface area contributed by atoms with Crippen LogP contribution in [0.25, 0.3) is 0 Å². The third-order valence-corrected chi connectivity index (χ3v) is 2.26. The first-order chi connectivity index (χ1) is 8.99. The van der Waals surface area contributed by atoms with Gasteiger partial charge in [0, 0.05) is 18.9 Å². The van der Waals surface area contributed by atoms with E-state index < -0.39 is 0 Å². The SMILES string of the molecule is CCC(=O)C(C)=O.COc1ccc(C=O)cc1OC. The second kappa shape index (κ2) is 8.85. The molecule has 1 rings (SSSR count). The molecule has 0 spiro atoms. The second-order valence-electron chi connectivity index (χ2n) is 3.57. The summed E-state index contributed by atoms with van der Waals surface area (Å²) >= 11 is 0. The van der Waals surface area contributed by atoms with Gasteiger partial charge < -0.3 is 9.47 Å². The molecule has 1 aromatic carbocycles. The third kappa shape index (κ3) is 5.81. The van der Waals surface area contributed by atoms with Crippen molar-refractivity contribution < 1.29 is 23.9 Å². The summed E-state index contributed by atoms with van der Waals surface area (Å²) in [6, 6.07) is 5.00. The van der Waals surface area contributed by atoms with E-state index in [0.717, 1.165) is 6.29 Å². The number of rotatable bonds is 5. The molecule has 5 nitrogen and oxygen atoms in total. The van der Waals surface area contributed by atoms with Gasteiger partial charge in [0.25, 0.3) is 0 Å². The van der Waals surface area contributed by atoms with Gasteiger partial charge >= 0.3 is 0 Å². The number of aldehydes is 1. The van der Waals surface area contributed by atoms with E-state index in [1.807, 2.05) is 0 Å². The standard InChI is InChI=1S/C9H10O3.C5H8O2/c1-11-8-4-3-7(6-10)5-9(8)12-2;1-3-5(7)4(2)6/h3-6H,1-2H3;3H2,1-2H3. The van der Waals surface area contributed by atoms with Gasteiger partial charge in [-0.3, -0.25) is 14.4 Å². The number of methoxy groups -OCH3 is 2. The monoisotopic (exact) mass is 266 g/mol. The zero-order chi connectivity index (χ0) is 14.8. The fourth-order valence-electron chi connectivity index (χ4n) is 1.18. The van der Waals surface area contributed by atoms with Crippen LogP contribution in [0.2, 0.25) is 0 Å². The van der Waals surface area contributed by atoms with Crippen molar-refractivity contribution in [3.63, 3.8) is 0 Å². The van der Waals surface area contributed by atoms with Crippen molar-refractivity contribution in [2.24, 2.45) is 0 Å². The number of benzene rings is 1. The highest BCUT2D eigenvalue weighted by Crippen LogP contribution is 2.26. The van der Waals surface area contributed by atoms with E-state index in [0.29, 0.717) is 23.5 Å². The quantitative estimate of drug-likeness (QED) is 0.602. The molecule has 0 fully saturated rings. The molecule has 5 heteroatoms. The minimum atomic E-state index is -0.345. The van der Waals surface area contributed by atoms with Crippen LogP contribution >= 0.6 is 0 Å². The maximum absolute atomic E-state index is 10.4. The molecule has 0 aromatic heterocycles. The molecule has 0 N–H and O–H groups in total. The lowest BCUT2D eigenvalue weighted by atomic mass is 10.2. The molecule has 0 heterocycles. The van der Waals surface area contributed by atoms with E-state index in [9.17, 15) is 14.4 Å². The van der Waals surface area contributed by atoms with Gasteiger partial charge in [-0.15, -0.1) is 0 Å². The summed E-state index contributed by atoms with van der Waals surface area (Å²) in [5.74, 6) is 0.563. The van der Waals surface area contributed by atoms with Gasteiger partial charge in [-0.2, -0.15) is 0 Å². The molecule has 0 bridgehead atoms. The predicted octanol–water partition coefficient (Wildman–Crippen LogP) is 2.07. The normalized spacial score (nSPS) is 8.84. The van der Waals surface area contributed by atoms with Crippen LogP contribution in [0.3, 0.4) is 0 Å². The Labute approximate surface area is 112 Å². The van der Waals surface area contributed by atoms with E-state index in [1.165, 1.54) is 14.0 Å². The van der Waals surface area contributed by atoms with Crippen molar-refractivity contribution >= 4 is 17.9 Å². The molecule has 0 aliphatic heterocycles. The fraction of sp³-hybridized carbons (Fsp3) is 0.357. The van der Waals surface area contributed by atoms with Gasteiger partial charge in [-0.1, -0.05) is 6.92 Å². The average Bonchev–Trinajstić information content (AvgIpc) is 2.45. The summed E-state index contributed by atoms with van der Waals surface area (Å²) in [6.45, 7) is 2.95. The lowest BCUT2D eigenvalue weighted by molar-refractivity contribution is -0.135. The van der Waals surface area contributed by atoms with Gasteiger partial charge in [0.15, 0.2) is 23.1 Å². The number of Topliss-reactive ketones (excluding diaryl/α,β-unsaturated/α-hetero) is 2. The van der Waals surface area contributed by atoms with E-state index in [1.54, 1.807) is 32.2 Å². The Hall–Kier alpha value is -2.17. The molecule has 1 aromatic rings. The van der Waals surface area contributed by atoms with Crippen molar-refractivity contribution in [1.29, 1.82) is 0 Å². The molecule has 0 saturated carbocycles. The van der Waals surface area contributed by atoms with E-state index in [4.69, 9.17) is 9.47 Å². The molecular formula is C14H18O5. The fourth-order valence-corrected chi connectivity index (χ4v) is 1.18. The van der Waals surface area contributed by atoms with Gasteiger partial charge in [0.1, 0.15) is 6.29 Å². The van der Waals surface area contributed by atoms with E-state index in [2.05, 4.69) is 0 Å². The Morgan fingerprint density at radius 2 is 1.74 bits per heavy atom. The molecule has 19 heavy (non-hydrogen) atoms. The van der Waals surface area contributed by atoms with Crippen LogP contribution in [0.1, 0.15) is 30.6 Å². The Balaban J connectivity index is 0.000000399. The van der Waals surface area contributed by atoms with Crippen LogP contribution in [-0.4, -0.2) is 32.1 Å². The largest absolute Gasteiger partial charge is 0.493 e. The number of hydrogen-bond donors (Lipinski definition) is 0. The Kier molecular flexibility index (Phi) is 7.84. The van der Waals surface area contributed by atoms with Crippen LogP contribution in [0.15, 0.2) is 18.2 Å². The maximum atomic E-state index is 10.4. The summed E-state index contributed by atoms with van der Waals surface area (Å²) in [5, 5.41) is 0. The zero-order valence-corrected chi connectivity index (χ0v) is 11.6. The minimum absolute atomic E-state index is 0.292. The first kappa shape index (κ1) is 16.8. The minimum Gasteiger partial charge on any atom is -0.493 e. The van der Waals surface area contributed by atoms with Crippen molar-refractivity contribution in [3.05, 3.63) is 23.8 Å². The summed E-state index contributed by atoms with van der Waals surface area (Å²) in [7, 11) is 3.09. The lowest BCUT2D eigenvalue weighted by Gasteiger charge is -2.06. The third-order valence-electron chi connectivity index (χ3n) is 2.26. The molecule has 0 radical (unpaired) electrons. The first-order valence-corrected chi connectivity index (χ1v) is 5.71. The maximum Gasteiger partial charge on any atom is 0.197 e. The second-order valence-corrected chi connectivity index (χ2v) is 3.57. The van der Waals surface area contributed by atoms with Gasteiger partial charge in [0.2, 0.25) is 0 Å². The van der Waals surface area contributed by atoms with Gasteiger partial charge in [0.05, 0.1) is 14.2 Å². The van der Waals surface area contributed by atoms with Crippen molar-refractivity contribution in [1.82, 2.24) is 0 Å². The van der Waals surface area contributed by atoms with Crippen LogP contribution in [0, 0.1) is 0 Å². The van der Waals surface area contributed by atoms with Crippen LogP contribution in [0.5, 0.6) is 11.5 Å². The molecule has 0 atom stereocenters. The predicted molar refractivity (Wildman–Crippen MR) is 70.9 cm³/mol. The Morgan fingerprint density at radius 3 is 2.05 bits per heavy atom. The number of ketones is 2. The van der Waals surface area contributed by atoms with E-state index in [-0.39, 0.29) is 11.6 Å². The molecule has 0 aliphatic rings. The molecule has 104 valence electrons. The van der Waals surface area contributed by atoms with Gasteiger partial charge in [-0.05, 0) is 18.2 Å². The number of carbonyl (C=O) groups excluding carboxylic acids is 3. The van der Waals surface area contributed by atoms with Crippen LogP contribution in [0.4, 0.5) is 0 Å². The zero-order valence-electron chi connectivity index (χ0n) is 11.6. The highest BCUT2D eigenvalue weighted by atomic mass is 16.5. The van der Waals surface area contributed by atoms with Crippen LogP contribution in [-0.2, 0) is 9.59 Å². The topological polar surface area (TPSA) is 69.7 Å². The molecular weight excluding hydrogens is 248 g/mol. The van der Waals surface area contributed by atoms with Crippen LogP contribution < -0.4 is 9.47 Å². The lowest BCUT2D eigenvalue weighted by Crippen LogP contribution is -2.06. The molecule has 0 aliphatic carbocycles. The Bertz CT molecular complexity index is 451. The van der Waals surface area contributed by atoms with Gasteiger partial charge in [-0.25, -0.2) is 0 Å². The number of ether oxygens (including phenoxy) is 2. The highest BCUT2D eigenvalue weighted by molar-refractivity contribution is 6.36. The number of hydrogen-bond acceptors (Lipinski definition) is 5. The smallest absolute Gasteiger partial charge is 0.197 e. The average molecular weight is 266 g/mol. The first-order valence-electron chi connectivity index (χ1n) is 5.71. The molecule has 0 unspecified atom stereocenters. The Morgan fingerprint density at radius 1 is 1.16 bits per heavy atom. The van der Waals surface area contributed by atoms with Crippen molar-refractivity contribution in [2.45, 2.75) is 20.3 Å². The molecule has 0 amide bonds.